The second-order valence-electron chi connectivity index (χ2n) is 4.57. The number of hydrogen-bond donors (Lipinski definition) is 1. The fourth-order valence-corrected chi connectivity index (χ4v) is 2.46. The van der Waals surface area contributed by atoms with E-state index in [2.05, 4.69) is 19.1 Å². The highest BCUT2D eigenvalue weighted by molar-refractivity contribution is 5.87. The van der Waals surface area contributed by atoms with E-state index in [1.54, 1.807) is 0 Å². The van der Waals surface area contributed by atoms with Gasteiger partial charge in [-0.15, -0.1) is 0 Å². The molecule has 1 unspecified atom stereocenters. The van der Waals surface area contributed by atoms with E-state index in [0.717, 1.165) is 19.4 Å². The van der Waals surface area contributed by atoms with Gasteiger partial charge in [-0.3, -0.25) is 4.79 Å². The second kappa shape index (κ2) is 5.32. The third kappa shape index (κ3) is 2.34. The smallest absolute Gasteiger partial charge is 0.230 e. The molecule has 2 N–H and O–H groups in total. The van der Waals surface area contributed by atoms with Crippen LogP contribution in [0.5, 0.6) is 0 Å². The zero-order chi connectivity index (χ0) is 12.3. The lowest BCUT2D eigenvalue weighted by atomic mass is 9.77. The molecule has 1 aliphatic carbocycles. The van der Waals surface area contributed by atoms with Crippen molar-refractivity contribution < 1.29 is 4.79 Å². The summed E-state index contributed by atoms with van der Waals surface area (Å²) in [5.74, 6) is 0.320. The van der Waals surface area contributed by atoms with Gasteiger partial charge in [0.2, 0.25) is 5.91 Å². The van der Waals surface area contributed by atoms with Crippen LogP contribution in [0.4, 0.5) is 0 Å². The van der Waals surface area contributed by atoms with Crippen LogP contribution in [-0.2, 0) is 11.2 Å². The maximum atomic E-state index is 12.3. The minimum atomic E-state index is 0.0734. The fourth-order valence-electron chi connectivity index (χ4n) is 2.46. The molecule has 1 amide bonds. The van der Waals surface area contributed by atoms with Crippen molar-refractivity contribution in [3.8, 4) is 0 Å². The summed E-state index contributed by atoms with van der Waals surface area (Å²) in [5.41, 5.74) is 8.08. The first-order chi connectivity index (χ1) is 8.27. The predicted octanol–water partition coefficient (Wildman–Crippen LogP) is 1.52. The Morgan fingerprint density at radius 1 is 1.41 bits per heavy atom. The Bertz CT molecular complexity index is 397. The average molecular weight is 232 g/mol. The van der Waals surface area contributed by atoms with Crippen molar-refractivity contribution in [2.75, 3.05) is 19.6 Å². The van der Waals surface area contributed by atoms with Crippen molar-refractivity contribution >= 4 is 5.91 Å². The Kier molecular flexibility index (Phi) is 3.79. The van der Waals surface area contributed by atoms with Crippen LogP contribution in [0.15, 0.2) is 24.3 Å². The predicted molar refractivity (Wildman–Crippen MR) is 68.8 cm³/mol. The number of rotatable bonds is 5. The quantitative estimate of drug-likeness (QED) is 0.836. The van der Waals surface area contributed by atoms with Gasteiger partial charge in [0.25, 0.3) is 0 Å². The molecule has 1 aliphatic rings. The standard InChI is InChI=1S/C14H20N2O/c1-2-8-16(9-7-15)14(17)13-10-11-5-3-4-6-12(11)13/h3-6,13H,2,7-10,15H2,1H3. The normalized spacial score (nSPS) is 17.2. The van der Waals surface area contributed by atoms with E-state index in [0.29, 0.717) is 13.1 Å². The van der Waals surface area contributed by atoms with Crippen LogP contribution in [0.25, 0.3) is 0 Å². The van der Waals surface area contributed by atoms with Crippen molar-refractivity contribution in [1.29, 1.82) is 0 Å². The van der Waals surface area contributed by atoms with Crippen LogP contribution in [0.3, 0.4) is 0 Å². The summed E-state index contributed by atoms with van der Waals surface area (Å²) in [5, 5.41) is 0. The molecule has 0 saturated heterocycles. The molecule has 1 aromatic carbocycles. The molecule has 0 aliphatic heterocycles. The molecule has 2 rings (SSSR count). The monoisotopic (exact) mass is 232 g/mol. The Balaban J connectivity index is 2.06. The number of nitrogens with two attached hydrogens (primary N) is 1. The summed E-state index contributed by atoms with van der Waals surface area (Å²) in [7, 11) is 0. The van der Waals surface area contributed by atoms with Gasteiger partial charge < -0.3 is 10.6 Å². The van der Waals surface area contributed by atoms with Gasteiger partial charge in [0.1, 0.15) is 0 Å². The molecular weight excluding hydrogens is 212 g/mol. The van der Waals surface area contributed by atoms with Crippen molar-refractivity contribution in [2.24, 2.45) is 5.73 Å². The van der Waals surface area contributed by atoms with Crippen LogP contribution in [0.2, 0.25) is 0 Å². The van der Waals surface area contributed by atoms with Crippen LogP contribution in [0.1, 0.15) is 30.4 Å². The summed E-state index contributed by atoms with van der Waals surface area (Å²) < 4.78 is 0. The SMILES string of the molecule is CCCN(CCN)C(=O)C1Cc2ccccc21. The summed E-state index contributed by atoms with van der Waals surface area (Å²) in [6.07, 6.45) is 1.87. The number of nitrogens with zero attached hydrogens (tertiary/aromatic N) is 1. The van der Waals surface area contributed by atoms with Crippen LogP contribution in [0, 0.1) is 0 Å². The van der Waals surface area contributed by atoms with E-state index in [-0.39, 0.29) is 11.8 Å². The topological polar surface area (TPSA) is 46.3 Å². The Hall–Kier alpha value is -1.35. The van der Waals surface area contributed by atoms with Gasteiger partial charge in [-0.05, 0) is 24.0 Å². The lowest BCUT2D eigenvalue weighted by molar-refractivity contribution is -0.133. The largest absolute Gasteiger partial charge is 0.341 e. The minimum absolute atomic E-state index is 0.0734. The van der Waals surface area contributed by atoms with Gasteiger partial charge in [0.05, 0.1) is 5.92 Å². The van der Waals surface area contributed by atoms with Gasteiger partial charge in [-0.2, -0.15) is 0 Å². The zero-order valence-corrected chi connectivity index (χ0v) is 10.4. The number of benzene rings is 1. The maximum Gasteiger partial charge on any atom is 0.230 e. The van der Waals surface area contributed by atoms with Crippen LogP contribution >= 0.6 is 0 Å². The Morgan fingerprint density at radius 3 is 2.82 bits per heavy atom. The molecule has 1 aromatic rings. The first-order valence-corrected chi connectivity index (χ1v) is 6.34. The second-order valence-corrected chi connectivity index (χ2v) is 4.57. The molecule has 0 aromatic heterocycles. The molecule has 3 nitrogen and oxygen atoms in total. The lowest BCUT2D eigenvalue weighted by Gasteiger charge is -2.33. The fraction of sp³-hybridized carbons (Fsp3) is 0.500. The highest BCUT2D eigenvalue weighted by atomic mass is 16.2. The first kappa shape index (κ1) is 12.1. The number of fused-ring (bicyclic) bond motifs is 1. The minimum Gasteiger partial charge on any atom is -0.341 e. The van der Waals surface area contributed by atoms with Gasteiger partial charge in [-0.1, -0.05) is 31.2 Å². The van der Waals surface area contributed by atoms with Crippen molar-refractivity contribution in [2.45, 2.75) is 25.7 Å². The molecule has 0 radical (unpaired) electrons. The lowest BCUT2D eigenvalue weighted by Crippen LogP contribution is -2.42. The van der Waals surface area contributed by atoms with Gasteiger partial charge >= 0.3 is 0 Å². The van der Waals surface area contributed by atoms with Crippen molar-refractivity contribution in [3.63, 3.8) is 0 Å². The van der Waals surface area contributed by atoms with E-state index >= 15 is 0 Å². The molecule has 1 atom stereocenters. The molecule has 0 saturated carbocycles. The molecule has 0 fully saturated rings. The molecule has 0 spiro atoms. The van der Waals surface area contributed by atoms with Crippen LogP contribution < -0.4 is 5.73 Å². The van der Waals surface area contributed by atoms with E-state index in [1.807, 2.05) is 17.0 Å². The first-order valence-electron chi connectivity index (χ1n) is 6.34. The van der Waals surface area contributed by atoms with Crippen LogP contribution in [-0.4, -0.2) is 30.4 Å². The molecule has 3 heteroatoms. The number of carbonyl (C=O) groups excluding carboxylic acids is 1. The van der Waals surface area contributed by atoms with Gasteiger partial charge in [0.15, 0.2) is 0 Å². The van der Waals surface area contributed by atoms with Crippen molar-refractivity contribution in [3.05, 3.63) is 35.4 Å². The number of hydrogen-bond acceptors (Lipinski definition) is 2. The van der Waals surface area contributed by atoms with E-state index in [1.165, 1.54) is 11.1 Å². The molecular formula is C14H20N2O. The summed E-state index contributed by atoms with van der Waals surface area (Å²) in [4.78, 5) is 14.2. The Morgan fingerprint density at radius 2 is 2.18 bits per heavy atom. The van der Waals surface area contributed by atoms with E-state index in [4.69, 9.17) is 5.73 Å². The highest BCUT2D eigenvalue weighted by Crippen LogP contribution is 2.36. The average Bonchev–Trinajstić information content (AvgIpc) is 2.30. The van der Waals surface area contributed by atoms with E-state index in [9.17, 15) is 4.79 Å². The summed E-state index contributed by atoms with van der Waals surface area (Å²) in [6, 6.07) is 8.20. The van der Waals surface area contributed by atoms with E-state index < -0.39 is 0 Å². The Labute approximate surface area is 103 Å². The zero-order valence-electron chi connectivity index (χ0n) is 10.4. The molecule has 0 bridgehead atoms. The third-order valence-corrected chi connectivity index (χ3v) is 3.36. The number of carbonyl (C=O) groups is 1. The third-order valence-electron chi connectivity index (χ3n) is 3.36. The number of amides is 1. The molecule has 0 heterocycles. The molecule has 17 heavy (non-hydrogen) atoms. The maximum absolute atomic E-state index is 12.3. The van der Waals surface area contributed by atoms with Gasteiger partial charge in [0, 0.05) is 19.6 Å². The summed E-state index contributed by atoms with van der Waals surface area (Å²) >= 11 is 0. The highest BCUT2D eigenvalue weighted by Gasteiger charge is 2.34. The molecule has 92 valence electrons. The van der Waals surface area contributed by atoms with Gasteiger partial charge in [-0.25, -0.2) is 0 Å². The summed E-state index contributed by atoms with van der Waals surface area (Å²) in [6.45, 7) is 4.12. The van der Waals surface area contributed by atoms with Crippen molar-refractivity contribution in [1.82, 2.24) is 4.90 Å².